The molecule has 3 rings (SSSR count). The monoisotopic (exact) mass is 399 g/mol. The lowest BCUT2D eigenvalue weighted by atomic mass is 10.1. The SMILES string of the molecule is Cc1cc(OCC(=O)O)ccc1NC(=O)c1ccc(N2CCCC2)c([N+](=O)[O-])c1. The maximum Gasteiger partial charge on any atom is 0.341 e. The van der Waals surface area contributed by atoms with Crippen molar-refractivity contribution in [1.29, 1.82) is 0 Å². The number of carboxylic acid groups (broad SMARTS) is 1. The standard InChI is InChI=1S/C20H21N3O6/c1-13-10-15(29-12-19(24)25)5-6-16(13)21-20(26)14-4-7-17(18(11-14)23(27)28)22-8-2-3-9-22/h4-7,10-11H,2-3,8-9,12H2,1H3,(H,21,26)(H,24,25). The lowest BCUT2D eigenvalue weighted by Crippen LogP contribution is -2.20. The fraction of sp³-hybridized carbons (Fsp3) is 0.300. The van der Waals surface area contributed by atoms with E-state index in [1.165, 1.54) is 6.07 Å². The maximum absolute atomic E-state index is 12.6. The largest absolute Gasteiger partial charge is 0.482 e. The predicted octanol–water partition coefficient (Wildman–Crippen LogP) is 3.22. The van der Waals surface area contributed by atoms with E-state index in [9.17, 15) is 19.7 Å². The molecular formula is C20H21N3O6. The van der Waals surface area contributed by atoms with Gasteiger partial charge in [0.25, 0.3) is 11.6 Å². The smallest absolute Gasteiger partial charge is 0.341 e. The summed E-state index contributed by atoms with van der Waals surface area (Å²) in [6.07, 6.45) is 1.98. The Hall–Kier alpha value is -3.62. The second kappa shape index (κ2) is 8.59. The van der Waals surface area contributed by atoms with Gasteiger partial charge in [0.1, 0.15) is 11.4 Å². The highest BCUT2D eigenvalue weighted by Crippen LogP contribution is 2.32. The number of hydrogen-bond donors (Lipinski definition) is 2. The van der Waals surface area contributed by atoms with E-state index in [-0.39, 0.29) is 11.3 Å². The zero-order valence-electron chi connectivity index (χ0n) is 15.9. The summed E-state index contributed by atoms with van der Waals surface area (Å²) in [5.41, 5.74) is 1.80. The van der Waals surface area contributed by atoms with Gasteiger partial charge in [0, 0.05) is 30.4 Å². The molecule has 0 radical (unpaired) electrons. The summed E-state index contributed by atoms with van der Waals surface area (Å²) >= 11 is 0. The van der Waals surface area contributed by atoms with Gasteiger partial charge < -0.3 is 20.1 Å². The summed E-state index contributed by atoms with van der Waals surface area (Å²) in [6.45, 7) is 2.81. The number of aliphatic carboxylic acids is 1. The molecule has 29 heavy (non-hydrogen) atoms. The number of benzene rings is 2. The summed E-state index contributed by atoms with van der Waals surface area (Å²) < 4.78 is 5.10. The molecule has 0 bridgehead atoms. The first-order valence-electron chi connectivity index (χ1n) is 9.15. The number of aryl methyl sites for hydroxylation is 1. The molecule has 152 valence electrons. The van der Waals surface area contributed by atoms with Crippen molar-refractivity contribution < 1.29 is 24.4 Å². The van der Waals surface area contributed by atoms with Crippen LogP contribution in [0.1, 0.15) is 28.8 Å². The first-order chi connectivity index (χ1) is 13.8. The van der Waals surface area contributed by atoms with E-state index >= 15 is 0 Å². The molecule has 2 N–H and O–H groups in total. The molecular weight excluding hydrogens is 378 g/mol. The molecule has 0 unspecified atom stereocenters. The zero-order chi connectivity index (χ0) is 21.0. The Bertz CT molecular complexity index is 953. The Labute approximate surface area is 167 Å². The highest BCUT2D eigenvalue weighted by Gasteiger charge is 2.24. The Balaban J connectivity index is 1.77. The molecule has 0 aromatic heterocycles. The zero-order valence-corrected chi connectivity index (χ0v) is 15.9. The number of amides is 1. The first-order valence-corrected chi connectivity index (χ1v) is 9.15. The number of anilines is 2. The van der Waals surface area contributed by atoms with E-state index in [1.807, 2.05) is 4.90 Å². The van der Waals surface area contributed by atoms with Gasteiger partial charge in [0.05, 0.1) is 4.92 Å². The Morgan fingerprint density at radius 1 is 1.21 bits per heavy atom. The van der Waals surface area contributed by atoms with Crippen LogP contribution in [-0.2, 0) is 4.79 Å². The molecule has 1 heterocycles. The fourth-order valence-corrected chi connectivity index (χ4v) is 3.24. The van der Waals surface area contributed by atoms with Crippen molar-refractivity contribution >= 4 is 28.9 Å². The molecule has 1 amide bonds. The molecule has 9 nitrogen and oxygen atoms in total. The number of ether oxygens (including phenoxy) is 1. The highest BCUT2D eigenvalue weighted by atomic mass is 16.6. The van der Waals surface area contributed by atoms with Gasteiger partial charge in [-0.1, -0.05) is 0 Å². The van der Waals surface area contributed by atoms with E-state index < -0.39 is 23.4 Å². The Morgan fingerprint density at radius 3 is 2.55 bits per heavy atom. The molecule has 2 aromatic carbocycles. The van der Waals surface area contributed by atoms with Crippen molar-refractivity contribution in [2.45, 2.75) is 19.8 Å². The number of rotatable bonds is 7. The second-order valence-electron chi connectivity index (χ2n) is 6.77. The average Bonchev–Trinajstić information content (AvgIpc) is 3.22. The summed E-state index contributed by atoms with van der Waals surface area (Å²) in [4.78, 5) is 36.2. The van der Waals surface area contributed by atoms with Crippen molar-refractivity contribution in [2.24, 2.45) is 0 Å². The first kappa shape index (κ1) is 20.1. The average molecular weight is 399 g/mol. The van der Waals surface area contributed by atoms with Gasteiger partial charge in [-0.2, -0.15) is 0 Å². The number of nitrogens with one attached hydrogen (secondary N) is 1. The normalized spacial score (nSPS) is 13.2. The minimum Gasteiger partial charge on any atom is -0.482 e. The van der Waals surface area contributed by atoms with E-state index in [0.29, 0.717) is 22.7 Å². The number of carbonyl (C=O) groups is 2. The molecule has 0 spiro atoms. The van der Waals surface area contributed by atoms with Crippen LogP contribution < -0.4 is 15.0 Å². The van der Waals surface area contributed by atoms with Crippen LogP contribution in [0.2, 0.25) is 0 Å². The van der Waals surface area contributed by atoms with Gasteiger partial charge in [-0.25, -0.2) is 4.79 Å². The van der Waals surface area contributed by atoms with Crippen molar-refractivity contribution in [2.75, 3.05) is 29.9 Å². The highest BCUT2D eigenvalue weighted by molar-refractivity contribution is 6.05. The minimum atomic E-state index is -1.08. The molecule has 0 atom stereocenters. The molecule has 1 saturated heterocycles. The third kappa shape index (κ3) is 4.81. The van der Waals surface area contributed by atoms with Crippen molar-refractivity contribution in [3.05, 3.63) is 57.6 Å². The van der Waals surface area contributed by atoms with Crippen LogP contribution in [0, 0.1) is 17.0 Å². The Morgan fingerprint density at radius 2 is 1.93 bits per heavy atom. The van der Waals surface area contributed by atoms with Crippen molar-refractivity contribution in [3.63, 3.8) is 0 Å². The lowest BCUT2D eigenvalue weighted by Gasteiger charge is -2.18. The van der Waals surface area contributed by atoms with Crippen LogP contribution in [0.25, 0.3) is 0 Å². The van der Waals surface area contributed by atoms with Gasteiger partial charge in [-0.05, 0) is 55.7 Å². The van der Waals surface area contributed by atoms with Crippen LogP contribution in [0.3, 0.4) is 0 Å². The number of hydrogen-bond acceptors (Lipinski definition) is 6. The predicted molar refractivity (Wildman–Crippen MR) is 107 cm³/mol. The summed E-state index contributed by atoms with van der Waals surface area (Å²) in [6, 6.07) is 9.24. The molecule has 9 heteroatoms. The summed E-state index contributed by atoms with van der Waals surface area (Å²) in [5, 5.41) is 22.9. The van der Waals surface area contributed by atoms with Gasteiger partial charge >= 0.3 is 5.97 Å². The van der Waals surface area contributed by atoms with Crippen LogP contribution >= 0.6 is 0 Å². The van der Waals surface area contributed by atoms with Crippen LogP contribution in [0.15, 0.2) is 36.4 Å². The van der Waals surface area contributed by atoms with Gasteiger partial charge in [0.15, 0.2) is 6.61 Å². The van der Waals surface area contributed by atoms with Gasteiger partial charge in [-0.3, -0.25) is 14.9 Å². The second-order valence-corrected chi connectivity index (χ2v) is 6.77. The molecule has 1 aliphatic rings. The minimum absolute atomic E-state index is 0.0892. The molecule has 2 aromatic rings. The molecule has 0 saturated carbocycles. The number of carboxylic acids is 1. The summed E-state index contributed by atoms with van der Waals surface area (Å²) in [7, 11) is 0. The quantitative estimate of drug-likeness (QED) is 0.541. The van der Waals surface area contributed by atoms with Crippen LogP contribution in [0.4, 0.5) is 17.1 Å². The molecule has 1 fully saturated rings. The van der Waals surface area contributed by atoms with E-state index in [0.717, 1.165) is 25.9 Å². The number of nitro groups is 1. The topological polar surface area (TPSA) is 122 Å². The lowest BCUT2D eigenvalue weighted by molar-refractivity contribution is -0.384. The number of carbonyl (C=O) groups excluding carboxylic acids is 1. The molecule has 1 aliphatic heterocycles. The summed E-state index contributed by atoms with van der Waals surface area (Å²) in [5.74, 6) is -1.18. The Kier molecular flexibility index (Phi) is 5.96. The van der Waals surface area contributed by atoms with Crippen molar-refractivity contribution in [1.82, 2.24) is 0 Å². The van der Waals surface area contributed by atoms with Gasteiger partial charge in [-0.15, -0.1) is 0 Å². The number of nitro benzene ring substituents is 1. The van der Waals surface area contributed by atoms with Gasteiger partial charge in [0.2, 0.25) is 0 Å². The third-order valence-corrected chi connectivity index (χ3v) is 4.69. The van der Waals surface area contributed by atoms with E-state index in [1.54, 1.807) is 37.3 Å². The number of nitrogens with zero attached hydrogens (tertiary/aromatic N) is 2. The maximum atomic E-state index is 12.6. The van der Waals surface area contributed by atoms with E-state index in [2.05, 4.69) is 5.32 Å². The van der Waals surface area contributed by atoms with Crippen LogP contribution in [0.5, 0.6) is 5.75 Å². The third-order valence-electron chi connectivity index (χ3n) is 4.69. The van der Waals surface area contributed by atoms with E-state index in [4.69, 9.17) is 9.84 Å². The van der Waals surface area contributed by atoms with Crippen molar-refractivity contribution in [3.8, 4) is 5.75 Å². The fourth-order valence-electron chi connectivity index (χ4n) is 3.24. The van der Waals surface area contributed by atoms with Crippen LogP contribution in [-0.4, -0.2) is 41.6 Å². The molecule has 0 aliphatic carbocycles.